The zero-order valence-corrected chi connectivity index (χ0v) is 15.2. The third-order valence-corrected chi connectivity index (χ3v) is 4.50. The highest BCUT2D eigenvalue weighted by Crippen LogP contribution is 2.14. The molecule has 2 heterocycles. The Labute approximate surface area is 153 Å². The molecular formula is C18H28N2O6. The molecule has 2 saturated heterocycles. The van der Waals surface area contributed by atoms with E-state index in [-0.39, 0.29) is 24.7 Å². The highest BCUT2D eigenvalue weighted by molar-refractivity contribution is 5.79. The van der Waals surface area contributed by atoms with Crippen LogP contribution in [0.5, 0.6) is 0 Å². The summed E-state index contributed by atoms with van der Waals surface area (Å²) in [6.07, 6.45) is 7.27. The van der Waals surface area contributed by atoms with Crippen molar-refractivity contribution in [3.05, 3.63) is 0 Å². The molecule has 0 atom stereocenters. The molecular weight excluding hydrogens is 340 g/mol. The molecule has 8 nitrogen and oxygen atoms in total. The van der Waals surface area contributed by atoms with Gasteiger partial charge in [-0.2, -0.15) is 10.1 Å². The predicted octanol–water partition coefficient (Wildman–Crippen LogP) is 2.27. The normalized spacial score (nSPS) is 18.9. The molecule has 146 valence electrons. The Bertz CT molecular complexity index is 476. The molecule has 0 aromatic heterocycles. The van der Waals surface area contributed by atoms with E-state index >= 15 is 0 Å². The molecule has 2 fully saturated rings. The summed E-state index contributed by atoms with van der Waals surface area (Å²) in [6.45, 7) is 0.890. The van der Waals surface area contributed by atoms with E-state index in [4.69, 9.17) is 9.68 Å². The Morgan fingerprint density at radius 1 is 0.692 bits per heavy atom. The van der Waals surface area contributed by atoms with Gasteiger partial charge in [0.25, 0.3) is 11.8 Å². The predicted molar refractivity (Wildman–Crippen MR) is 91.0 cm³/mol. The summed E-state index contributed by atoms with van der Waals surface area (Å²) in [5.41, 5.74) is 0. The van der Waals surface area contributed by atoms with E-state index in [0.717, 1.165) is 48.7 Å². The average molecular weight is 368 g/mol. The maximum Gasteiger partial charge on any atom is 0.332 e. The molecule has 0 aliphatic carbocycles. The molecule has 0 N–H and O–H groups in total. The molecule has 8 heteroatoms. The van der Waals surface area contributed by atoms with Crippen LogP contribution in [0.25, 0.3) is 0 Å². The second-order valence-electron chi connectivity index (χ2n) is 6.75. The minimum atomic E-state index is -0.462. The fourth-order valence-corrected chi connectivity index (χ4v) is 2.98. The molecule has 0 unspecified atom stereocenters. The van der Waals surface area contributed by atoms with E-state index in [1.54, 1.807) is 0 Å². The highest BCUT2D eigenvalue weighted by atomic mass is 16.7. The average Bonchev–Trinajstić information content (AvgIpc) is 2.93. The van der Waals surface area contributed by atoms with Gasteiger partial charge in [0, 0.05) is 25.7 Å². The fraction of sp³-hybridized carbons (Fsp3) is 0.778. The van der Waals surface area contributed by atoms with Crippen molar-refractivity contribution in [2.75, 3.05) is 13.1 Å². The first-order valence-corrected chi connectivity index (χ1v) is 9.58. The number of hydrogen-bond donors (Lipinski definition) is 0. The number of nitrogens with zero attached hydrogens (tertiary/aromatic N) is 2. The van der Waals surface area contributed by atoms with Crippen molar-refractivity contribution in [2.24, 2.45) is 0 Å². The molecule has 2 aliphatic heterocycles. The van der Waals surface area contributed by atoms with E-state index in [0.29, 0.717) is 38.8 Å². The van der Waals surface area contributed by atoms with Crippen molar-refractivity contribution in [1.82, 2.24) is 10.1 Å². The SMILES string of the molecule is O=C(CCCCC(=O)ON1CCCCCC1=O)ON1CCCCCC1=O. The molecule has 0 aromatic carbocycles. The van der Waals surface area contributed by atoms with E-state index in [9.17, 15) is 19.2 Å². The molecule has 2 rings (SSSR count). The maximum atomic E-state index is 11.8. The lowest BCUT2D eigenvalue weighted by Gasteiger charge is -2.19. The van der Waals surface area contributed by atoms with Gasteiger partial charge in [-0.15, -0.1) is 0 Å². The Morgan fingerprint density at radius 3 is 1.54 bits per heavy atom. The smallest absolute Gasteiger partial charge is 0.332 e. The van der Waals surface area contributed by atoms with E-state index in [1.807, 2.05) is 0 Å². The standard InChI is InChI=1S/C18H28N2O6/c21-15-9-3-1-7-13-19(15)25-17(23)11-5-6-12-18(24)26-20-14-8-2-4-10-16(20)22/h1-14H2. The topological polar surface area (TPSA) is 93.2 Å². The van der Waals surface area contributed by atoms with Crippen molar-refractivity contribution >= 4 is 23.8 Å². The second-order valence-corrected chi connectivity index (χ2v) is 6.75. The Balaban J connectivity index is 1.60. The monoisotopic (exact) mass is 368 g/mol. The molecule has 2 aliphatic rings. The Morgan fingerprint density at radius 2 is 1.12 bits per heavy atom. The summed E-state index contributed by atoms with van der Waals surface area (Å²) in [5.74, 6) is -1.23. The number of carbonyl (C=O) groups excluding carboxylic acids is 4. The number of amides is 2. The third kappa shape index (κ3) is 7.01. The molecule has 0 spiro atoms. The van der Waals surface area contributed by atoms with Gasteiger partial charge in [0.1, 0.15) is 0 Å². The van der Waals surface area contributed by atoms with Crippen molar-refractivity contribution in [3.8, 4) is 0 Å². The van der Waals surface area contributed by atoms with Crippen molar-refractivity contribution in [2.45, 2.75) is 77.0 Å². The number of rotatable bonds is 7. The van der Waals surface area contributed by atoms with Gasteiger partial charge in [0.15, 0.2) is 0 Å². The van der Waals surface area contributed by atoms with Gasteiger partial charge in [0.2, 0.25) is 0 Å². The summed E-state index contributed by atoms with van der Waals surface area (Å²) in [4.78, 5) is 57.4. The highest BCUT2D eigenvalue weighted by Gasteiger charge is 2.22. The number of hydroxylamine groups is 4. The van der Waals surface area contributed by atoms with Crippen LogP contribution in [0.15, 0.2) is 0 Å². The van der Waals surface area contributed by atoms with Crippen molar-refractivity contribution in [3.63, 3.8) is 0 Å². The summed E-state index contributed by atoms with van der Waals surface area (Å²) >= 11 is 0. The minimum Gasteiger partial charge on any atom is -0.338 e. The first kappa shape index (κ1) is 20.2. The van der Waals surface area contributed by atoms with Crippen LogP contribution in [-0.2, 0) is 28.9 Å². The van der Waals surface area contributed by atoms with Gasteiger partial charge in [0.05, 0.1) is 13.1 Å². The van der Waals surface area contributed by atoms with Gasteiger partial charge in [-0.1, -0.05) is 12.8 Å². The maximum absolute atomic E-state index is 11.8. The summed E-state index contributed by atoms with van der Waals surface area (Å²) in [5, 5.41) is 2.32. The van der Waals surface area contributed by atoms with Gasteiger partial charge in [-0.3, -0.25) is 9.59 Å². The van der Waals surface area contributed by atoms with Crippen LogP contribution in [0.3, 0.4) is 0 Å². The van der Waals surface area contributed by atoms with Crippen LogP contribution in [0.2, 0.25) is 0 Å². The van der Waals surface area contributed by atoms with Crippen LogP contribution in [0, 0.1) is 0 Å². The van der Waals surface area contributed by atoms with Crippen LogP contribution >= 0.6 is 0 Å². The minimum absolute atomic E-state index is 0.139. The van der Waals surface area contributed by atoms with Crippen LogP contribution < -0.4 is 0 Å². The molecule has 0 saturated carbocycles. The summed E-state index contributed by atoms with van der Waals surface area (Å²) in [6, 6.07) is 0. The second kappa shape index (κ2) is 10.8. The van der Waals surface area contributed by atoms with E-state index in [1.165, 1.54) is 0 Å². The Kier molecular flexibility index (Phi) is 8.37. The number of unbranched alkanes of at least 4 members (excludes halogenated alkanes) is 1. The van der Waals surface area contributed by atoms with Crippen LogP contribution in [-0.4, -0.2) is 47.0 Å². The quantitative estimate of drug-likeness (QED) is 0.640. The largest absolute Gasteiger partial charge is 0.338 e. The first-order chi connectivity index (χ1) is 12.6. The van der Waals surface area contributed by atoms with Crippen LogP contribution in [0.4, 0.5) is 0 Å². The Hall–Kier alpha value is -2.12. The van der Waals surface area contributed by atoms with E-state index < -0.39 is 11.9 Å². The molecule has 2 amide bonds. The number of carbonyl (C=O) groups is 4. The zero-order chi connectivity index (χ0) is 18.8. The first-order valence-electron chi connectivity index (χ1n) is 9.58. The lowest BCUT2D eigenvalue weighted by Crippen LogP contribution is -2.33. The van der Waals surface area contributed by atoms with Gasteiger partial charge in [-0.25, -0.2) is 9.59 Å². The van der Waals surface area contributed by atoms with Crippen molar-refractivity contribution in [1.29, 1.82) is 0 Å². The molecule has 0 aromatic rings. The zero-order valence-electron chi connectivity index (χ0n) is 15.2. The molecule has 26 heavy (non-hydrogen) atoms. The summed E-state index contributed by atoms with van der Waals surface area (Å²) < 4.78 is 0. The third-order valence-electron chi connectivity index (χ3n) is 4.50. The lowest BCUT2D eigenvalue weighted by atomic mass is 10.2. The summed E-state index contributed by atoms with van der Waals surface area (Å²) in [7, 11) is 0. The molecule has 0 bridgehead atoms. The fourth-order valence-electron chi connectivity index (χ4n) is 2.98. The van der Waals surface area contributed by atoms with Crippen LogP contribution in [0.1, 0.15) is 77.0 Å². The number of hydrogen-bond acceptors (Lipinski definition) is 6. The molecule has 0 radical (unpaired) electrons. The van der Waals surface area contributed by atoms with Gasteiger partial charge in [-0.05, 0) is 38.5 Å². The van der Waals surface area contributed by atoms with E-state index in [2.05, 4.69) is 0 Å². The van der Waals surface area contributed by atoms with Crippen molar-refractivity contribution < 1.29 is 28.9 Å². The lowest BCUT2D eigenvalue weighted by molar-refractivity contribution is -0.198. The van der Waals surface area contributed by atoms with Gasteiger partial charge >= 0.3 is 11.9 Å². The van der Waals surface area contributed by atoms with Gasteiger partial charge < -0.3 is 9.68 Å².